The van der Waals surface area contributed by atoms with Crippen molar-refractivity contribution in [3.8, 4) is 0 Å². The van der Waals surface area contributed by atoms with Gasteiger partial charge in [-0.2, -0.15) is 0 Å². The van der Waals surface area contributed by atoms with Gasteiger partial charge in [0, 0.05) is 0 Å². The van der Waals surface area contributed by atoms with Crippen LogP contribution in [0.4, 0.5) is 0 Å². The van der Waals surface area contributed by atoms with Crippen molar-refractivity contribution < 1.29 is 9.47 Å². The maximum Gasteiger partial charge on any atom is 0.163 e. The zero-order chi connectivity index (χ0) is 7.61. The molecule has 1 saturated heterocycles. The Morgan fingerprint density at radius 2 is 2.30 bits per heavy atom. The Bertz CT molecular complexity index is 114. The van der Waals surface area contributed by atoms with Gasteiger partial charge in [0.2, 0.25) is 0 Å². The zero-order valence-corrected chi connectivity index (χ0v) is 6.59. The number of ether oxygens (including phenoxy) is 2. The molecule has 0 aromatic heterocycles. The molecule has 1 aliphatic rings. The van der Waals surface area contributed by atoms with Crippen LogP contribution in [0.1, 0.15) is 20.3 Å². The van der Waals surface area contributed by atoms with Crippen molar-refractivity contribution in [1.82, 2.24) is 0 Å². The molecule has 0 spiro atoms. The molecule has 10 heavy (non-hydrogen) atoms. The van der Waals surface area contributed by atoms with Crippen LogP contribution in [0, 0.1) is 0 Å². The summed E-state index contributed by atoms with van der Waals surface area (Å²) >= 11 is 0. The molecule has 1 atom stereocenters. The lowest BCUT2D eigenvalue weighted by Crippen LogP contribution is -2.21. The first-order valence-corrected chi connectivity index (χ1v) is 3.66. The van der Waals surface area contributed by atoms with E-state index in [1.165, 1.54) is 0 Å². The molecule has 56 valence electrons. The average molecular weight is 140 g/mol. The van der Waals surface area contributed by atoms with Crippen molar-refractivity contribution in [2.75, 3.05) is 6.61 Å². The molecule has 2 radical (unpaired) electrons. The summed E-state index contributed by atoms with van der Waals surface area (Å²) in [6.07, 6.45) is 1.77. The maximum atomic E-state index is 5.49. The molecule has 0 amide bonds. The van der Waals surface area contributed by atoms with Crippen LogP contribution in [-0.4, -0.2) is 26.3 Å². The summed E-state index contributed by atoms with van der Waals surface area (Å²) in [5.74, 6) is -0.389. The fourth-order valence-corrected chi connectivity index (χ4v) is 1.09. The largest absolute Gasteiger partial charge is 0.348 e. The third-order valence-corrected chi connectivity index (χ3v) is 1.56. The Labute approximate surface area is 63.3 Å². The van der Waals surface area contributed by atoms with Gasteiger partial charge in [-0.15, -0.1) is 0 Å². The van der Waals surface area contributed by atoms with Gasteiger partial charge in [0.15, 0.2) is 5.79 Å². The standard InChI is InChI=1S/C7H13BO2/c1-7(2)9-5-6(10-7)3-4-8/h6H,3-5H2,1-2H3. The highest BCUT2D eigenvalue weighted by atomic mass is 16.7. The summed E-state index contributed by atoms with van der Waals surface area (Å²) in [5.41, 5.74) is 0. The van der Waals surface area contributed by atoms with E-state index < -0.39 is 0 Å². The molecule has 1 fully saturated rings. The Hall–Kier alpha value is -0.0151. The van der Waals surface area contributed by atoms with E-state index in [1.54, 1.807) is 0 Å². The SMILES string of the molecule is [B]CCC1COC(C)(C)O1. The van der Waals surface area contributed by atoms with Crippen molar-refractivity contribution >= 4 is 7.85 Å². The molecule has 0 aliphatic carbocycles. The molecule has 1 heterocycles. The van der Waals surface area contributed by atoms with E-state index in [1.807, 2.05) is 13.8 Å². The molecule has 0 aromatic carbocycles. The second kappa shape index (κ2) is 2.93. The van der Waals surface area contributed by atoms with Crippen LogP contribution in [-0.2, 0) is 9.47 Å². The third kappa shape index (κ3) is 1.99. The van der Waals surface area contributed by atoms with Crippen LogP contribution in [0.5, 0.6) is 0 Å². The molecule has 3 heteroatoms. The van der Waals surface area contributed by atoms with E-state index in [-0.39, 0.29) is 11.9 Å². The van der Waals surface area contributed by atoms with Crippen LogP contribution in [0.25, 0.3) is 0 Å². The average Bonchev–Trinajstić information content (AvgIpc) is 2.12. The van der Waals surface area contributed by atoms with Crippen molar-refractivity contribution in [2.24, 2.45) is 0 Å². The smallest absolute Gasteiger partial charge is 0.163 e. The molecule has 0 aromatic rings. The Kier molecular flexibility index (Phi) is 2.37. The van der Waals surface area contributed by atoms with Crippen molar-refractivity contribution in [1.29, 1.82) is 0 Å². The molecule has 1 rings (SSSR count). The summed E-state index contributed by atoms with van der Waals surface area (Å²) in [6.45, 7) is 4.53. The molecule has 0 bridgehead atoms. The minimum atomic E-state index is -0.389. The van der Waals surface area contributed by atoms with Crippen LogP contribution in [0.2, 0.25) is 6.32 Å². The minimum Gasteiger partial charge on any atom is -0.348 e. The first kappa shape index (κ1) is 8.09. The number of hydrogen-bond donors (Lipinski definition) is 0. The summed E-state index contributed by atoms with van der Waals surface area (Å²) in [7, 11) is 5.36. The van der Waals surface area contributed by atoms with Gasteiger partial charge in [-0.3, -0.25) is 0 Å². The van der Waals surface area contributed by atoms with E-state index in [2.05, 4.69) is 0 Å². The van der Waals surface area contributed by atoms with Crippen LogP contribution < -0.4 is 0 Å². The second-order valence-electron chi connectivity index (χ2n) is 3.03. The highest BCUT2D eigenvalue weighted by molar-refractivity contribution is 6.08. The Morgan fingerprint density at radius 3 is 2.70 bits per heavy atom. The predicted molar refractivity (Wildman–Crippen MR) is 40.1 cm³/mol. The van der Waals surface area contributed by atoms with E-state index in [4.69, 9.17) is 17.3 Å². The minimum absolute atomic E-state index is 0.208. The molecule has 0 N–H and O–H groups in total. The lowest BCUT2D eigenvalue weighted by Gasteiger charge is -2.16. The quantitative estimate of drug-likeness (QED) is 0.535. The van der Waals surface area contributed by atoms with Gasteiger partial charge < -0.3 is 9.47 Å². The fourth-order valence-electron chi connectivity index (χ4n) is 1.09. The lowest BCUT2D eigenvalue weighted by molar-refractivity contribution is -0.138. The summed E-state index contributed by atoms with van der Waals surface area (Å²) in [4.78, 5) is 0. The van der Waals surface area contributed by atoms with Gasteiger partial charge in [0.25, 0.3) is 0 Å². The van der Waals surface area contributed by atoms with Crippen molar-refractivity contribution in [3.63, 3.8) is 0 Å². The monoisotopic (exact) mass is 140 g/mol. The summed E-state index contributed by atoms with van der Waals surface area (Å²) in [5, 5.41) is 0. The predicted octanol–water partition coefficient (Wildman–Crippen LogP) is 1.11. The normalized spacial score (nSPS) is 30.8. The Balaban J connectivity index is 2.29. The van der Waals surface area contributed by atoms with Gasteiger partial charge in [0.1, 0.15) is 0 Å². The molecule has 1 aliphatic heterocycles. The summed E-state index contributed by atoms with van der Waals surface area (Å²) in [6, 6.07) is 0. The van der Waals surface area contributed by atoms with Gasteiger partial charge in [-0.1, -0.05) is 6.32 Å². The second-order valence-corrected chi connectivity index (χ2v) is 3.03. The number of rotatable bonds is 2. The molecular weight excluding hydrogens is 127 g/mol. The summed E-state index contributed by atoms with van der Waals surface area (Å²) < 4.78 is 10.8. The zero-order valence-electron chi connectivity index (χ0n) is 6.59. The van der Waals surface area contributed by atoms with Crippen LogP contribution >= 0.6 is 0 Å². The fraction of sp³-hybridized carbons (Fsp3) is 1.00. The molecule has 2 nitrogen and oxygen atoms in total. The molecule has 1 unspecified atom stereocenters. The van der Waals surface area contributed by atoms with Gasteiger partial charge in [-0.25, -0.2) is 0 Å². The van der Waals surface area contributed by atoms with Crippen LogP contribution in [0.3, 0.4) is 0 Å². The molecule has 0 saturated carbocycles. The topological polar surface area (TPSA) is 18.5 Å². The Morgan fingerprint density at radius 1 is 1.60 bits per heavy atom. The highest BCUT2D eigenvalue weighted by Gasteiger charge is 2.31. The van der Waals surface area contributed by atoms with E-state index in [9.17, 15) is 0 Å². The van der Waals surface area contributed by atoms with Crippen LogP contribution in [0.15, 0.2) is 0 Å². The third-order valence-electron chi connectivity index (χ3n) is 1.56. The number of hydrogen-bond acceptors (Lipinski definition) is 2. The van der Waals surface area contributed by atoms with E-state index in [0.717, 1.165) is 6.42 Å². The highest BCUT2D eigenvalue weighted by Crippen LogP contribution is 2.24. The van der Waals surface area contributed by atoms with Gasteiger partial charge in [-0.05, 0) is 20.3 Å². The van der Waals surface area contributed by atoms with Gasteiger partial charge >= 0.3 is 0 Å². The van der Waals surface area contributed by atoms with E-state index in [0.29, 0.717) is 12.9 Å². The van der Waals surface area contributed by atoms with Crippen molar-refractivity contribution in [2.45, 2.75) is 38.5 Å². The molecular formula is C7H13BO2. The van der Waals surface area contributed by atoms with Crippen molar-refractivity contribution in [3.05, 3.63) is 0 Å². The lowest BCUT2D eigenvalue weighted by atomic mass is 9.99. The first-order chi connectivity index (χ1) is 4.64. The van der Waals surface area contributed by atoms with Gasteiger partial charge in [0.05, 0.1) is 20.6 Å². The van der Waals surface area contributed by atoms with E-state index >= 15 is 0 Å². The maximum absolute atomic E-state index is 5.49. The first-order valence-electron chi connectivity index (χ1n) is 3.66.